The molecule has 3 aromatic rings. The van der Waals surface area contributed by atoms with Gasteiger partial charge < -0.3 is 19.4 Å². The van der Waals surface area contributed by atoms with Gasteiger partial charge in [-0.05, 0) is 55.4 Å². The number of hydrogen-bond donors (Lipinski definition) is 2. The lowest BCUT2D eigenvalue weighted by Gasteiger charge is -2.31. The highest BCUT2D eigenvalue weighted by Gasteiger charge is 2.27. The van der Waals surface area contributed by atoms with Crippen LogP contribution >= 0.6 is 0 Å². The van der Waals surface area contributed by atoms with E-state index in [2.05, 4.69) is 11.1 Å². The molecule has 1 aliphatic heterocycles. The molecule has 0 saturated carbocycles. The van der Waals surface area contributed by atoms with E-state index < -0.39 is 5.63 Å². The third-order valence-electron chi connectivity index (χ3n) is 5.89. The first-order valence-corrected chi connectivity index (χ1v) is 10.2. The van der Waals surface area contributed by atoms with Crippen molar-refractivity contribution < 1.29 is 14.3 Å². The molecule has 1 saturated heterocycles. The number of fused-ring (bicyclic) bond motifs is 1. The Morgan fingerprint density at radius 1 is 1.24 bits per heavy atom. The fourth-order valence-electron chi connectivity index (χ4n) is 4.13. The third kappa shape index (κ3) is 3.98. The zero-order chi connectivity index (χ0) is 20.4. The maximum Gasteiger partial charge on any atom is 0.349 e. The highest BCUT2D eigenvalue weighted by Crippen LogP contribution is 2.21. The molecule has 6 nitrogen and oxygen atoms in total. The number of nitrogens with zero attached hydrogens (tertiary/aromatic N) is 1. The number of benzene rings is 1. The first-order valence-electron chi connectivity index (χ1n) is 10.2. The van der Waals surface area contributed by atoms with Crippen molar-refractivity contribution >= 4 is 16.8 Å². The van der Waals surface area contributed by atoms with E-state index in [-0.39, 0.29) is 24.0 Å². The molecule has 0 aliphatic carbocycles. The van der Waals surface area contributed by atoms with E-state index in [0.717, 1.165) is 24.8 Å². The number of aryl methyl sites for hydroxylation is 3. The molecule has 0 radical (unpaired) electrons. The number of aromatic amines is 1. The van der Waals surface area contributed by atoms with Crippen LogP contribution in [-0.4, -0.2) is 40.6 Å². The maximum absolute atomic E-state index is 12.8. The van der Waals surface area contributed by atoms with Crippen LogP contribution < -0.4 is 5.63 Å². The molecule has 4 rings (SSSR count). The van der Waals surface area contributed by atoms with E-state index >= 15 is 0 Å². The van der Waals surface area contributed by atoms with E-state index in [4.69, 9.17) is 4.42 Å². The average Bonchev–Trinajstić information content (AvgIpc) is 3.15. The number of carbonyl (C=O) groups is 1. The quantitative estimate of drug-likeness (QED) is 0.696. The Balaban J connectivity index is 1.48. The Bertz CT molecular complexity index is 1070. The molecular weight excluding hydrogens is 368 g/mol. The second-order valence-electron chi connectivity index (χ2n) is 7.84. The smallest absolute Gasteiger partial charge is 0.349 e. The van der Waals surface area contributed by atoms with Gasteiger partial charge in [-0.25, -0.2) is 4.79 Å². The SMILES string of the molecule is Cc1cc(CCc2c[nH]c3ccccc23)oc(=O)c1C(=O)N1CCC(CO)CC1. The minimum atomic E-state index is -0.562. The monoisotopic (exact) mass is 394 g/mol. The van der Waals surface area contributed by atoms with Crippen molar-refractivity contribution in [2.24, 2.45) is 5.92 Å². The van der Waals surface area contributed by atoms with Crippen LogP contribution in [0.4, 0.5) is 0 Å². The second-order valence-corrected chi connectivity index (χ2v) is 7.84. The fraction of sp³-hybridized carbons (Fsp3) is 0.391. The molecule has 2 aromatic heterocycles. The van der Waals surface area contributed by atoms with Crippen molar-refractivity contribution in [3.05, 3.63) is 69.4 Å². The number of nitrogens with one attached hydrogen (secondary N) is 1. The van der Waals surface area contributed by atoms with Crippen molar-refractivity contribution in [3.8, 4) is 0 Å². The van der Waals surface area contributed by atoms with Crippen LogP contribution in [0.3, 0.4) is 0 Å². The summed E-state index contributed by atoms with van der Waals surface area (Å²) in [4.78, 5) is 30.4. The summed E-state index contributed by atoms with van der Waals surface area (Å²) in [5, 5.41) is 10.4. The Hall–Kier alpha value is -2.86. The molecule has 1 fully saturated rings. The summed E-state index contributed by atoms with van der Waals surface area (Å²) >= 11 is 0. The van der Waals surface area contributed by atoms with Gasteiger partial charge >= 0.3 is 5.63 Å². The summed E-state index contributed by atoms with van der Waals surface area (Å²) in [5.74, 6) is 0.563. The summed E-state index contributed by atoms with van der Waals surface area (Å²) in [6, 6.07) is 9.92. The lowest BCUT2D eigenvalue weighted by atomic mass is 9.97. The summed E-state index contributed by atoms with van der Waals surface area (Å²) in [7, 11) is 0. The van der Waals surface area contributed by atoms with Gasteiger partial charge in [0.1, 0.15) is 11.3 Å². The van der Waals surface area contributed by atoms with Gasteiger partial charge in [-0.1, -0.05) is 18.2 Å². The van der Waals surface area contributed by atoms with Gasteiger partial charge in [-0.15, -0.1) is 0 Å². The summed E-state index contributed by atoms with van der Waals surface area (Å²) in [5.41, 5.74) is 2.49. The van der Waals surface area contributed by atoms with E-state index in [1.54, 1.807) is 11.8 Å². The number of rotatable bonds is 5. The molecule has 1 aliphatic rings. The van der Waals surface area contributed by atoms with Crippen molar-refractivity contribution in [1.29, 1.82) is 0 Å². The molecule has 2 N–H and O–H groups in total. The molecule has 29 heavy (non-hydrogen) atoms. The molecule has 0 bridgehead atoms. The molecule has 1 amide bonds. The number of aliphatic hydroxyl groups is 1. The van der Waals surface area contributed by atoms with E-state index in [1.807, 2.05) is 30.5 Å². The molecule has 0 atom stereocenters. The van der Waals surface area contributed by atoms with Crippen LogP contribution in [0.2, 0.25) is 0 Å². The number of amides is 1. The Morgan fingerprint density at radius 3 is 2.72 bits per heavy atom. The highest BCUT2D eigenvalue weighted by molar-refractivity contribution is 5.95. The fourth-order valence-corrected chi connectivity index (χ4v) is 4.13. The van der Waals surface area contributed by atoms with E-state index in [9.17, 15) is 14.7 Å². The first-order chi connectivity index (χ1) is 14.1. The van der Waals surface area contributed by atoms with Gasteiger partial charge in [-0.2, -0.15) is 0 Å². The minimum Gasteiger partial charge on any atom is -0.427 e. The van der Waals surface area contributed by atoms with Crippen LogP contribution in [0.1, 0.15) is 40.1 Å². The maximum atomic E-state index is 12.8. The average molecular weight is 394 g/mol. The second kappa shape index (κ2) is 8.25. The highest BCUT2D eigenvalue weighted by atomic mass is 16.4. The van der Waals surface area contributed by atoms with E-state index in [1.165, 1.54) is 10.9 Å². The number of H-pyrrole nitrogens is 1. The Morgan fingerprint density at radius 2 is 2.00 bits per heavy atom. The van der Waals surface area contributed by atoms with Gasteiger partial charge in [0.25, 0.3) is 5.91 Å². The van der Waals surface area contributed by atoms with Crippen molar-refractivity contribution in [2.75, 3.05) is 19.7 Å². The molecule has 0 spiro atoms. The van der Waals surface area contributed by atoms with Gasteiger partial charge in [0.15, 0.2) is 0 Å². The number of para-hydroxylation sites is 1. The standard InChI is InChI=1S/C23H26N2O4/c1-15-12-18(7-6-17-13-24-20-5-3-2-4-19(17)20)29-23(28)21(15)22(27)25-10-8-16(14-26)9-11-25/h2-5,12-13,16,24,26H,6-11,14H2,1H3. The summed E-state index contributed by atoms with van der Waals surface area (Å²) < 4.78 is 5.50. The molecule has 3 heterocycles. The number of aliphatic hydroxyl groups excluding tert-OH is 1. The van der Waals surface area contributed by atoms with Crippen LogP contribution in [-0.2, 0) is 12.8 Å². The van der Waals surface area contributed by atoms with Crippen molar-refractivity contribution in [2.45, 2.75) is 32.6 Å². The largest absolute Gasteiger partial charge is 0.427 e. The zero-order valence-electron chi connectivity index (χ0n) is 16.6. The normalized spacial score (nSPS) is 15.2. The molecule has 152 valence electrons. The lowest BCUT2D eigenvalue weighted by Crippen LogP contribution is -2.41. The van der Waals surface area contributed by atoms with Crippen molar-refractivity contribution in [3.63, 3.8) is 0 Å². The number of hydrogen-bond acceptors (Lipinski definition) is 4. The van der Waals surface area contributed by atoms with Gasteiger partial charge in [0.2, 0.25) is 0 Å². The number of aromatic nitrogens is 1. The number of carbonyl (C=O) groups excluding carboxylic acids is 1. The number of piperidine rings is 1. The zero-order valence-corrected chi connectivity index (χ0v) is 16.6. The predicted octanol–water partition coefficient (Wildman–Crippen LogP) is 3.06. The predicted molar refractivity (Wildman–Crippen MR) is 111 cm³/mol. The Labute approximate surface area is 169 Å². The van der Waals surface area contributed by atoms with Crippen LogP contribution in [0.15, 0.2) is 45.7 Å². The topological polar surface area (TPSA) is 86.5 Å². The first kappa shape index (κ1) is 19.5. The van der Waals surface area contributed by atoms with Crippen LogP contribution in [0, 0.1) is 12.8 Å². The molecular formula is C23H26N2O4. The van der Waals surface area contributed by atoms with Crippen LogP contribution in [0.25, 0.3) is 10.9 Å². The lowest BCUT2D eigenvalue weighted by molar-refractivity contribution is 0.0645. The van der Waals surface area contributed by atoms with Gasteiger partial charge in [-0.3, -0.25) is 4.79 Å². The van der Waals surface area contributed by atoms with E-state index in [0.29, 0.717) is 30.8 Å². The minimum absolute atomic E-state index is 0.128. The van der Waals surface area contributed by atoms with Gasteiger partial charge in [0.05, 0.1) is 0 Å². The molecule has 1 aromatic carbocycles. The third-order valence-corrected chi connectivity index (χ3v) is 5.89. The molecule has 6 heteroatoms. The van der Waals surface area contributed by atoms with Crippen molar-refractivity contribution in [1.82, 2.24) is 9.88 Å². The Kier molecular flexibility index (Phi) is 5.53. The summed E-state index contributed by atoms with van der Waals surface area (Å²) in [6.45, 7) is 3.06. The van der Waals surface area contributed by atoms with Gasteiger partial charge in [0, 0.05) is 43.2 Å². The van der Waals surface area contributed by atoms with Crippen LogP contribution in [0.5, 0.6) is 0 Å². The molecule has 0 unspecified atom stereocenters. The summed E-state index contributed by atoms with van der Waals surface area (Å²) in [6.07, 6.45) is 4.84. The number of likely N-dealkylation sites (tertiary alicyclic amines) is 1.